The summed E-state index contributed by atoms with van der Waals surface area (Å²) in [5.41, 5.74) is -0.0274. The summed E-state index contributed by atoms with van der Waals surface area (Å²) in [5.74, 6) is 0.535. The third-order valence-corrected chi connectivity index (χ3v) is 3.98. The number of piperazine rings is 1. The van der Waals surface area contributed by atoms with Crippen molar-refractivity contribution < 1.29 is 23.9 Å². The van der Waals surface area contributed by atoms with Gasteiger partial charge in [-0.1, -0.05) is 0 Å². The predicted octanol–water partition coefficient (Wildman–Crippen LogP) is 0.768. The molecule has 3 rings (SSSR count). The van der Waals surface area contributed by atoms with Crippen molar-refractivity contribution in [1.82, 2.24) is 10.2 Å². The zero-order valence-corrected chi connectivity index (χ0v) is 13.8. The Morgan fingerprint density at radius 1 is 1.38 bits per heavy atom. The monoisotopic (exact) mass is 332 g/mol. The van der Waals surface area contributed by atoms with Crippen LogP contribution < -0.4 is 14.8 Å². The summed E-state index contributed by atoms with van der Waals surface area (Å²) in [5, 5.41) is 2.66. The molecule has 0 unspecified atom stereocenters. The Kier molecular flexibility index (Phi) is 4.17. The molecule has 2 aliphatic rings. The van der Waals surface area contributed by atoms with Gasteiger partial charge in [-0.3, -0.25) is 14.4 Å². The van der Waals surface area contributed by atoms with E-state index in [1.807, 2.05) is 13.8 Å². The topological polar surface area (TPSA) is 84.9 Å². The van der Waals surface area contributed by atoms with Crippen LogP contribution in [0.3, 0.4) is 0 Å². The van der Waals surface area contributed by atoms with Crippen LogP contribution in [0.15, 0.2) is 18.2 Å². The van der Waals surface area contributed by atoms with E-state index in [0.29, 0.717) is 36.6 Å². The molecule has 0 radical (unpaired) electrons. The first kappa shape index (κ1) is 16.3. The summed E-state index contributed by atoms with van der Waals surface area (Å²) in [6, 6.07) is 4.93. The molecule has 1 aromatic carbocycles. The molecular weight excluding hydrogens is 312 g/mol. The number of ketones is 1. The minimum Gasteiger partial charge on any atom is -0.486 e. The van der Waals surface area contributed by atoms with E-state index in [-0.39, 0.29) is 30.7 Å². The number of fused-ring (bicyclic) bond motifs is 1. The van der Waals surface area contributed by atoms with Crippen LogP contribution in [0.2, 0.25) is 0 Å². The lowest BCUT2D eigenvalue weighted by atomic mass is 9.93. The maximum Gasteiger partial charge on any atom is 0.261 e. The van der Waals surface area contributed by atoms with Crippen molar-refractivity contribution in [3.8, 4) is 11.5 Å². The number of hydrogen-bond donors (Lipinski definition) is 1. The van der Waals surface area contributed by atoms with Gasteiger partial charge in [0.1, 0.15) is 17.1 Å². The van der Waals surface area contributed by atoms with Crippen molar-refractivity contribution in [2.45, 2.75) is 25.9 Å². The van der Waals surface area contributed by atoms with Crippen molar-refractivity contribution in [3.05, 3.63) is 23.8 Å². The summed E-state index contributed by atoms with van der Waals surface area (Å²) in [6.45, 7) is 4.53. The Morgan fingerprint density at radius 2 is 2.17 bits per heavy atom. The first-order valence-electron chi connectivity index (χ1n) is 7.88. The van der Waals surface area contributed by atoms with Crippen LogP contribution in [-0.2, 0) is 9.59 Å². The number of ether oxygens (including phenoxy) is 2. The van der Waals surface area contributed by atoms with E-state index in [2.05, 4.69) is 5.32 Å². The fraction of sp³-hybridized carbons (Fsp3) is 0.471. The molecule has 7 nitrogen and oxygen atoms in total. The standard InChI is InChI=1S/C17H20N2O5/c1-17(2)8-13(20)12-4-3-11(7-14(12)24-17)23-10-16(22)19-6-5-18-15(21)9-19/h3-4,7H,5-6,8-10H2,1-2H3,(H,18,21). The van der Waals surface area contributed by atoms with Crippen LogP contribution in [0.25, 0.3) is 0 Å². The van der Waals surface area contributed by atoms with Crippen molar-refractivity contribution in [2.24, 2.45) is 0 Å². The second-order valence-electron chi connectivity index (χ2n) is 6.57. The average Bonchev–Trinajstić information content (AvgIpc) is 2.51. The van der Waals surface area contributed by atoms with Crippen molar-refractivity contribution in [2.75, 3.05) is 26.2 Å². The van der Waals surface area contributed by atoms with Crippen molar-refractivity contribution >= 4 is 17.6 Å². The Hall–Kier alpha value is -2.57. The lowest BCUT2D eigenvalue weighted by molar-refractivity contribution is -0.139. The molecule has 1 fully saturated rings. The summed E-state index contributed by atoms with van der Waals surface area (Å²) in [7, 11) is 0. The number of hydrogen-bond acceptors (Lipinski definition) is 5. The third-order valence-electron chi connectivity index (χ3n) is 3.98. The SMILES string of the molecule is CC1(C)CC(=O)c2ccc(OCC(=O)N3CCNC(=O)C3)cc2O1. The van der Waals surface area contributed by atoms with Gasteiger partial charge in [0.25, 0.3) is 5.91 Å². The quantitative estimate of drug-likeness (QED) is 0.884. The molecule has 2 amide bonds. The Labute approximate surface area is 139 Å². The Morgan fingerprint density at radius 3 is 2.92 bits per heavy atom. The van der Waals surface area contributed by atoms with Gasteiger partial charge in [-0.05, 0) is 26.0 Å². The van der Waals surface area contributed by atoms with Crippen LogP contribution in [-0.4, -0.2) is 54.3 Å². The minimum absolute atomic E-state index is 0.0307. The highest BCUT2D eigenvalue weighted by atomic mass is 16.5. The summed E-state index contributed by atoms with van der Waals surface area (Å²) in [4.78, 5) is 37.0. The van der Waals surface area contributed by atoms with Gasteiger partial charge in [0.05, 0.1) is 18.5 Å². The van der Waals surface area contributed by atoms with Gasteiger partial charge in [0, 0.05) is 19.2 Å². The lowest BCUT2D eigenvalue weighted by Crippen LogP contribution is -2.51. The summed E-state index contributed by atoms with van der Waals surface area (Å²) < 4.78 is 11.3. The molecule has 1 N–H and O–H groups in total. The highest BCUT2D eigenvalue weighted by Crippen LogP contribution is 2.35. The van der Waals surface area contributed by atoms with Gasteiger partial charge in [-0.15, -0.1) is 0 Å². The number of benzene rings is 1. The van der Waals surface area contributed by atoms with Crippen molar-refractivity contribution in [3.63, 3.8) is 0 Å². The van der Waals surface area contributed by atoms with Gasteiger partial charge in [0.15, 0.2) is 12.4 Å². The molecule has 1 aromatic rings. The van der Waals surface area contributed by atoms with E-state index in [4.69, 9.17) is 9.47 Å². The van der Waals surface area contributed by atoms with Crippen LogP contribution in [0.5, 0.6) is 11.5 Å². The molecular formula is C17H20N2O5. The Bertz CT molecular complexity index is 698. The number of rotatable bonds is 3. The minimum atomic E-state index is -0.556. The van der Waals surface area contributed by atoms with E-state index >= 15 is 0 Å². The first-order valence-corrected chi connectivity index (χ1v) is 7.88. The molecule has 0 saturated carbocycles. The summed E-state index contributed by atoms with van der Waals surface area (Å²) in [6.07, 6.45) is 0.329. The highest BCUT2D eigenvalue weighted by Gasteiger charge is 2.32. The zero-order valence-electron chi connectivity index (χ0n) is 13.8. The fourth-order valence-corrected chi connectivity index (χ4v) is 2.81. The molecule has 24 heavy (non-hydrogen) atoms. The molecule has 0 aliphatic carbocycles. The number of carbonyl (C=O) groups is 3. The molecule has 1 saturated heterocycles. The van der Waals surface area contributed by atoms with Gasteiger partial charge < -0.3 is 19.7 Å². The molecule has 0 aromatic heterocycles. The largest absolute Gasteiger partial charge is 0.486 e. The fourth-order valence-electron chi connectivity index (χ4n) is 2.81. The van der Waals surface area contributed by atoms with Crippen LogP contribution >= 0.6 is 0 Å². The van der Waals surface area contributed by atoms with Gasteiger partial charge >= 0.3 is 0 Å². The molecule has 0 bridgehead atoms. The summed E-state index contributed by atoms with van der Waals surface area (Å²) >= 11 is 0. The molecule has 7 heteroatoms. The van der Waals surface area contributed by atoms with Crippen molar-refractivity contribution in [1.29, 1.82) is 0 Å². The second-order valence-corrected chi connectivity index (χ2v) is 6.57. The number of amides is 2. The lowest BCUT2D eigenvalue weighted by Gasteiger charge is -2.31. The van der Waals surface area contributed by atoms with E-state index < -0.39 is 5.60 Å². The van der Waals surface area contributed by atoms with E-state index in [1.54, 1.807) is 18.2 Å². The highest BCUT2D eigenvalue weighted by molar-refractivity contribution is 6.00. The molecule has 0 atom stereocenters. The van der Waals surface area contributed by atoms with Crippen LogP contribution in [0, 0.1) is 0 Å². The molecule has 0 spiro atoms. The number of Topliss-reactive ketones (excluding diaryl/α,β-unsaturated/α-hetero) is 1. The number of carbonyl (C=O) groups excluding carboxylic acids is 3. The molecule has 2 heterocycles. The maximum atomic E-state index is 12.1. The van der Waals surface area contributed by atoms with E-state index in [0.717, 1.165) is 0 Å². The third kappa shape index (κ3) is 3.50. The second kappa shape index (κ2) is 6.14. The molecule has 128 valence electrons. The first-order chi connectivity index (χ1) is 11.3. The smallest absolute Gasteiger partial charge is 0.261 e. The normalized spacial score (nSPS) is 19.2. The van der Waals surface area contributed by atoms with Crippen LogP contribution in [0.4, 0.5) is 0 Å². The van der Waals surface area contributed by atoms with Gasteiger partial charge in [-0.25, -0.2) is 0 Å². The molecule has 2 aliphatic heterocycles. The van der Waals surface area contributed by atoms with Gasteiger partial charge in [-0.2, -0.15) is 0 Å². The van der Waals surface area contributed by atoms with Gasteiger partial charge in [0.2, 0.25) is 5.91 Å². The predicted molar refractivity (Wildman–Crippen MR) is 85.2 cm³/mol. The van der Waals surface area contributed by atoms with E-state index in [1.165, 1.54) is 4.90 Å². The average molecular weight is 332 g/mol. The number of nitrogens with zero attached hydrogens (tertiary/aromatic N) is 1. The number of nitrogens with one attached hydrogen (secondary N) is 1. The van der Waals surface area contributed by atoms with E-state index in [9.17, 15) is 14.4 Å². The zero-order chi connectivity index (χ0) is 17.3. The van der Waals surface area contributed by atoms with Crippen LogP contribution in [0.1, 0.15) is 30.6 Å². The maximum absolute atomic E-state index is 12.1. The Balaban J connectivity index is 1.65.